The van der Waals surface area contributed by atoms with E-state index in [0.29, 0.717) is 36.8 Å². The molecule has 0 fully saturated rings. The first-order valence-corrected chi connectivity index (χ1v) is 6.56. The number of aliphatic carboxylic acids is 1. The van der Waals surface area contributed by atoms with Crippen molar-refractivity contribution in [2.75, 3.05) is 19.9 Å². The number of nitrogens with one attached hydrogen (secondary N) is 1. The summed E-state index contributed by atoms with van der Waals surface area (Å²) in [5.74, 6) is 1.10. The second-order valence-corrected chi connectivity index (χ2v) is 4.78. The topological polar surface area (TPSA) is 77.0 Å². The minimum Gasteiger partial charge on any atom is -0.493 e. The summed E-state index contributed by atoms with van der Waals surface area (Å²) in [4.78, 5) is 11.3. The largest absolute Gasteiger partial charge is 0.493 e. The van der Waals surface area contributed by atoms with Gasteiger partial charge in [-0.15, -0.1) is 0 Å². The average molecular weight is 281 g/mol. The fourth-order valence-corrected chi connectivity index (χ4v) is 2.00. The van der Waals surface area contributed by atoms with Crippen molar-refractivity contribution in [2.24, 2.45) is 0 Å². The lowest BCUT2D eigenvalue weighted by Gasteiger charge is -2.25. The SMILES string of the molecule is CCNC(C)(CCOc1ccc2c(c1)OCO2)C(=O)O. The molecule has 1 atom stereocenters. The van der Waals surface area contributed by atoms with Crippen LogP contribution in [0.2, 0.25) is 0 Å². The smallest absolute Gasteiger partial charge is 0.323 e. The average Bonchev–Trinajstić information content (AvgIpc) is 2.86. The van der Waals surface area contributed by atoms with Crippen molar-refractivity contribution in [3.05, 3.63) is 18.2 Å². The molecule has 0 bridgehead atoms. The van der Waals surface area contributed by atoms with Crippen LogP contribution < -0.4 is 19.5 Å². The molecule has 0 spiro atoms. The lowest BCUT2D eigenvalue weighted by Crippen LogP contribution is -2.50. The van der Waals surface area contributed by atoms with Gasteiger partial charge in [0, 0.05) is 12.5 Å². The Bertz CT molecular complexity index is 490. The summed E-state index contributed by atoms with van der Waals surface area (Å²) in [6.45, 7) is 4.64. The number of benzene rings is 1. The number of ether oxygens (including phenoxy) is 3. The Balaban J connectivity index is 1.90. The molecule has 20 heavy (non-hydrogen) atoms. The van der Waals surface area contributed by atoms with E-state index >= 15 is 0 Å². The summed E-state index contributed by atoms with van der Waals surface area (Å²) >= 11 is 0. The zero-order chi connectivity index (χ0) is 14.6. The van der Waals surface area contributed by atoms with E-state index in [4.69, 9.17) is 14.2 Å². The predicted octanol–water partition coefficient (Wildman–Crippen LogP) is 1.64. The van der Waals surface area contributed by atoms with E-state index in [9.17, 15) is 9.90 Å². The molecule has 0 amide bonds. The molecule has 0 aliphatic carbocycles. The molecular weight excluding hydrogens is 262 g/mol. The molecule has 2 N–H and O–H groups in total. The Morgan fingerprint density at radius 1 is 1.45 bits per heavy atom. The van der Waals surface area contributed by atoms with E-state index < -0.39 is 11.5 Å². The van der Waals surface area contributed by atoms with Crippen molar-refractivity contribution >= 4 is 5.97 Å². The Labute approximate surface area is 117 Å². The molecule has 1 unspecified atom stereocenters. The highest BCUT2D eigenvalue weighted by Crippen LogP contribution is 2.35. The number of carboxylic acid groups (broad SMARTS) is 1. The van der Waals surface area contributed by atoms with Gasteiger partial charge in [-0.3, -0.25) is 4.79 Å². The highest BCUT2D eigenvalue weighted by Gasteiger charge is 2.31. The van der Waals surface area contributed by atoms with Crippen LogP contribution in [0.25, 0.3) is 0 Å². The van der Waals surface area contributed by atoms with Crippen LogP contribution in [0.3, 0.4) is 0 Å². The molecule has 6 heteroatoms. The molecule has 2 rings (SSSR count). The van der Waals surface area contributed by atoms with Gasteiger partial charge in [-0.25, -0.2) is 0 Å². The number of carbonyl (C=O) groups is 1. The van der Waals surface area contributed by atoms with Gasteiger partial charge in [0.1, 0.15) is 11.3 Å². The Morgan fingerprint density at radius 2 is 2.20 bits per heavy atom. The highest BCUT2D eigenvalue weighted by atomic mass is 16.7. The molecular formula is C14H19NO5. The van der Waals surface area contributed by atoms with Gasteiger partial charge in [0.25, 0.3) is 0 Å². The lowest BCUT2D eigenvalue weighted by atomic mass is 9.98. The van der Waals surface area contributed by atoms with Crippen LogP contribution >= 0.6 is 0 Å². The third-order valence-electron chi connectivity index (χ3n) is 3.25. The number of rotatable bonds is 7. The molecule has 1 aliphatic heterocycles. The van der Waals surface area contributed by atoms with Gasteiger partial charge in [0.2, 0.25) is 6.79 Å². The number of hydrogen-bond donors (Lipinski definition) is 2. The van der Waals surface area contributed by atoms with Crippen LogP contribution in [-0.2, 0) is 4.79 Å². The fourth-order valence-electron chi connectivity index (χ4n) is 2.00. The maximum absolute atomic E-state index is 11.3. The van der Waals surface area contributed by atoms with E-state index in [2.05, 4.69) is 5.32 Å². The number of likely N-dealkylation sites (N-methyl/N-ethyl adjacent to an activating group) is 1. The molecule has 1 heterocycles. The molecule has 110 valence electrons. The van der Waals surface area contributed by atoms with Crippen LogP contribution in [-0.4, -0.2) is 36.6 Å². The second kappa shape index (κ2) is 6.00. The van der Waals surface area contributed by atoms with Gasteiger partial charge >= 0.3 is 5.97 Å². The van der Waals surface area contributed by atoms with E-state index in [1.54, 1.807) is 25.1 Å². The predicted molar refractivity (Wildman–Crippen MR) is 72.4 cm³/mol. The Kier molecular flexibility index (Phi) is 4.34. The van der Waals surface area contributed by atoms with Gasteiger partial charge in [-0.05, 0) is 25.6 Å². The van der Waals surface area contributed by atoms with Crippen molar-refractivity contribution < 1.29 is 24.1 Å². The monoisotopic (exact) mass is 281 g/mol. The van der Waals surface area contributed by atoms with Crippen molar-refractivity contribution in [1.29, 1.82) is 0 Å². The van der Waals surface area contributed by atoms with E-state index in [0.717, 1.165) is 0 Å². The Hall–Kier alpha value is -1.95. The van der Waals surface area contributed by atoms with Gasteiger partial charge in [-0.1, -0.05) is 6.92 Å². The molecule has 0 radical (unpaired) electrons. The normalized spacial score (nSPS) is 15.7. The summed E-state index contributed by atoms with van der Waals surface area (Å²) in [6, 6.07) is 5.30. The first kappa shape index (κ1) is 14.5. The van der Waals surface area contributed by atoms with Crippen LogP contribution in [0.4, 0.5) is 0 Å². The molecule has 0 saturated carbocycles. The zero-order valence-electron chi connectivity index (χ0n) is 11.6. The summed E-state index contributed by atoms with van der Waals surface area (Å²) in [5.41, 5.74) is -0.981. The summed E-state index contributed by atoms with van der Waals surface area (Å²) in [5, 5.41) is 12.2. The Morgan fingerprint density at radius 3 is 2.90 bits per heavy atom. The first-order chi connectivity index (χ1) is 9.55. The highest BCUT2D eigenvalue weighted by molar-refractivity contribution is 5.78. The van der Waals surface area contributed by atoms with Crippen LogP contribution in [0.1, 0.15) is 20.3 Å². The number of fused-ring (bicyclic) bond motifs is 1. The third-order valence-corrected chi connectivity index (χ3v) is 3.25. The molecule has 1 aromatic rings. The van der Waals surface area contributed by atoms with E-state index in [-0.39, 0.29) is 6.79 Å². The van der Waals surface area contributed by atoms with E-state index in [1.807, 2.05) is 6.92 Å². The maximum Gasteiger partial charge on any atom is 0.323 e. The van der Waals surface area contributed by atoms with Gasteiger partial charge in [0.15, 0.2) is 11.5 Å². The van der Waals surface area contributed by atoms with Crippen LogP contribution in [0, 0.1) is 0 Å². The molecule has 0 saturated heterocycles. The molecule has 0 aromatic heterocycles. The fraction of sp³-hybridized carbons (Fsp3) is 0.500. The first-order valence-electron chi connectivity index (χ1n) is 6.56. The maximum atomic E-state index is 11.3. The number of hydrogen-bond acceptors (Lipinski definition) is 5. The summed E-state index contributed by atoms with van der Waals surface area (Å²) in [6.07, 6.45) is 0.366. The van der Waals surface area contributed by atoms with Gasteiger partial charge in [-0.2, -0.15) is 0 Å². The van der Waals surface area contributed by atoms with Crippen molar-refractivity contribution in [3.8, 4) is 17.2 Å². The lowest BCUT2D eigenvalue weighted by molar-refractivity contribution is -0.144. The van der Waals surface area contributed by atoms with Crippen LogP contribution in [0.15, 0.2) is 18.2 Å². The minimum absolute atomic E-state index is 0.219. The quantitative estimate of drug-likeness (QED) is 0.791. The minimum atomic E-state index is -0.981. The molecule has 6 nitrogen and oxygen atoms in total. The van der Waals surface area contributed by atoms with Crippen molar-refractivity contribution in [3.63, 3.8) is 0 Å². The van der Waals surface area contributed by atoms with Gasteiger partial charge in [0.05, 0.1) is 6.61 Å². The summed E-state index contributed by atoms with van der Waals surface area (Å²) in [7, 11) is 0. The second-order valence-electron chi connectivity index (χ2n) is 4.78. The third kappa shape index (κ3) is 3.14. The zero-order valence-corrected chi connectivity index (χ0v) is 11.6. The van der Waals surface area contributed by atoms with Crippen LogP contribution in [0.5, 0.6) is 17.2 Å². The number of carboxylic acids is 1. The van der Waals surface area contributed by atoms with E-state index in [1.165, 1.54) is 0 Å². The standard InChI is InChI=1S/C14H19NO5/c1-3-15-14(2,13(16)17)6-7-18-10-4-5-11-12(8-10)20-9-19-11/h4-5,8,15H,3,6-7,9H2,1-2H3,(H,16,17). The van der Waals surface area contributed by atoms with Crippen molar-refractivity contribution in [1.82, 2.24) is 5.32 Å². The van der Waals surface area contributed by atoms with Crippen molar-refractivity contribution in [2.45, 2.75) is 25.8 Å². The molecule has 1 aliphatic rings. The summed E-state index contributed by atoms with van der Waals surface area (Å²) < 4.78 is 16.0. The molecule has 1 aromatic carbocycles. The van der Waals surface area contributed by atoms with Gasteiger partial charge < -0.3 is 24.6 Å².